The Morgan fingerprint density at radius 3 is 2.84 bits per heavy atom. The molecule has 1 aliphatic carbocycles. The van der Waals surface area contributed by atoms with Gasteiger partial charge in [0.05, 0.1) is 5.60 Å². The van der Waals surface area contributed by atoms with Crippen LogP contribution in [0.15, 0.2) is 24.3 Å². The van der Waals surface area contributed by atoms with E-state index in [2.05, 4.69) is 24.4 Å². The van der Waals surface area contributed by atoms with E-state index < -0.39 is 0 Å². The molecule has 1 N–H and O–H groups in total. The highest BCUT2D eigenvalue weighted by Crippen LogP contribution is 2.42. The van der Waals surface area contributed by atoms with Gasteiger partial charge in [-0.3, -0.25) is 0 Å². The maximum Gasteiger partial charge on any atom is 0.0697 e. The van der Waals surface area contributed by atoms with E-state index >= 15 is 0 Å². The van der Waals surface area contributed by atoms with Gasteiger partial charge in [-0.15, -0.1) is 0 Å². The van der Waals surface area contributed by atoms with Crippen molar-refractivity contribution in [3.63, 3.8) is 0 Å². The van der Waals surface area contributed by atoms with Crippen molar-refractivity contribution in [1.82, 2.24) is 5.32 Å². The second-order valence-electron chi connectivity index (χ2n) is 5.98. The monoisotopic (exact) mass is 279 g/mol. The molecule has 1 saturated heterocycles. The van der Waals surface area contributed by atoms with Crippen LogP contribution in [-0.4, -0.2) is 18.2 Å². The first-order valence-corrected chi connectivity index (χ1v) is 7.71. The van der Waals surface area contributed by atoms with Gasteiger partial charge in [0.15, 0.2) is 0 Å². The Morgan fingerprint density at radius 2 is 2.16 bits per heavy atom. The highest BCUT2D eigenvalue weighted by molar-refractivity contribution is 6.31. The maximum atomic E-state index is 6.27. The van der Waals surface area contributed by atoms with Crippen LogP contribution in [0.2, 0.25) is 5.02 Å². The molecule has 2 atom stereocenters. The Bertz CT molecular complexity index is 444. The lowest BCUT2D eigenvalue weighted by atomic mass is 9.74. The molecule has 2 nitrogen and oxygen atoms in total. The van der Waals surface area contributed by atoms with Crippen molar-refractivity contribution in [1.29, 1.82) is 0 Å². The summed E-state index contributed by atoms with van der Waals surface area (Å²) in [5, 5.41) is 4.59. The molecule has 1 aliphatic heterocycles. The van der Waals surface area contributed by atoms with Gasteiger partial charge in [0.2, 0.25) is 0 Å². The van der Waals surface area contributed by atoms with Crippen LogP contribution in [0.4, 0.5) is 0 Å². The van der Waals surface area contributed by atoms with Crippen LogP contribution in [0, 0.1) is 0 Å². The van der Waals surface area contributed by atoms with Gasteiger partial charge in [-0.05, 0) is 50.7 Å². The second-order valence-corrected chi connectivity index (χ2v) is 6.39. The summed E-state index contributed by atoms with van der Waals surface area (Å²) in [6.45, 7) is 3.09. The minimum absolute atomic E-state index is 0.204. The van der Waals surface area contributed by atoms with Crippen molar-refractivity contribution in [3.05, 3.63) is 34.9 Å². The summed E-state index contributed by atoms with van der Waals surface area (Å²) >= 11 is 6.27. The SMILES string of the molecule is C[C@@H](NC1CCOC2(CCC2)C1)c1ccccc1Cl. The molecule has 0 aromatic heterocycles. The first-order valence-electron chi connectivity index (χ1n) is 7.33. The number of rotatable bonds is 3. The van der Waals surface area contributed by atoms with E-state index in [1.807, 2.05) is 12.1 Å². The quantitative estimate of drug-likeness (QED) is 0.900. The lowest BCUT2D eigenvalue weighted by Crippen LogP contribution is -2.51. The van der Waals surface area contributed by atoms with Crippen molar-refractivity contribution < 1.29 is 4.74 Å². The first-order chi connectivity index (χ1) is 9.19. The average Bonchev–Trinajstić information content (AvgIpc) is 2.37. The first kappa shape index (κ1) is 13.4. The molecule has 0 amide bonds. The van der Waals surface area contributed by atoms with Gasteiger partial charge in [0, 0.05) is 23.7 Å². The van der Waals surface area contributed by atoms with Gasteiger partial charge >= 0.3 is 0 Å². The number of hydrogen-bond acceptors (Lipinski definition) is 2. The van der Waals surface area contributed by atoms with Crippen LogP contribution in [-0.2, 0) is 4.74 Å². The average molecular weight is 280 g/mol. The zero-order valence-electron chi connectivity index (χ0n) is 11.5. The summed E-state index contributed by atoms with van der Waals surface area (Å²) in [7, 11) is 0. The molecule has 1 aromatic carbocycles. The molecule has 1 spiro atoms. The van der Waals surface area contributed by atoms with E-state index in [0.29, 0.717) is 12.1 Å². The van der Waals surface area contributed by atoms with Crippen molar-refractivity contribution >= 4 is 11.6 Å². The molecule has 3 heteroatoms. The highest BCUT2D eigenvalue weighted by atomic mass is 35.5. The molecule has 1 unspecified atom stereocenters. The lowest BCUT2D eigenvalue weighted by Gasteiger charge is -2.47. The molecule has 1 aromatic rings. The summed E-state index contributed by atoms with van der Waals surface area (Å²) in [5.41, 5.74) is 1.40. The van der Waals surface area contributed by atoms with Gasteiger partial charge < -0.3 is 10.1 Å². The number of hydrogen-bond donors (Lipinski definition) is 1. The van der Waals surface area contributed by atoms with Crippen LogP contribution in [0.3, 0.4) is 0 Å². The third kappa shape index (κ3) is 2.81. The molecule has 2 fully saturated rings. The lowest BCUT2D eigenvalue weighted by molar-refractivity contribution is -0.136. The Balaban J connectivity index is 1.63. The van der Waals surface area contributed by atoms with Gasteiger partial charge in [-0.25, -0.2) is 0 Å². The molecule has 1 heterocycles. The number of nitrogens with one attached hydrogen (secondary N) is 1. The zero-order valence-corrected chi connectivity index (χ0v) is 12.2. The number of ether oxygens (including phenoxy) is 1. The van der Waals surface area contributed by atoms with E-state index in [-0.39, 0.29) is 5.60 Å². The Kier molecular flexibility index (Phi) is 3.84. The number of benzene rings is 1. The van der Waals surface area contributed by atoms with Crippen molar-refractivity contribution in [3.8, 4) is 0 Å². The molecule has 1 saturated carbocycles. The maximum absolute atomic E-state index is 6.27. The van der Waals surface area contributed by atoms with Gasteiger partial charge in [0.25, 0.3) is 0 Å². The molecule has 0 radical (unpaired) electrons. The highest BCUT2D eigenvalue weighted by Gasteiger charge is 2.42. The van der Waals surface area contributed by atoms with E-state index in [9.17, 15) is 0 Å². The molecular weight excluding hydrogens is 258 g/mol. The summed E-state index contributed by atoms with van der Waals surface area (Å²) < 4.78 is 5.98. The van der Waals surface area contributed by atoms with E-state index in [1.54, 1.807) is 0 Å². The normalized spacial score (nSPS) is 26.9. The van der Waals surface area contributed by atoms with Crippen LogP contribution in [0.5, 0.6) is 0 Å². The van der Waals surface area contributed by atoms with E-state index in [1.165, 1.54) is 24.8 Å². The molecular formula is C16H22ClNO. The molecule has 3 rings (SSSR count). The minimum atomic E-state index is 0.204. The van der Waals surface area contributed by atoms with Crippen LogP contribution in [0.1, 0.15) is 50.6 Å². The molecule has 0 bridgehead atoms. The fraction of sp³-hybridized carbons (Fsp3) is 0.625. The zero-order chi connectivity index (χ0) is 13.3. The summed E-state index contributed by atoms with van der Waals surface area (Å²) in [6, 6.07) is 8.96. The van der Waals surface area contributed by atoms with Crippen molar-refractivity contribution in [2.75, 3.05) is 6.61 Å². The Morgan fingerprint density at radius 1 is 1.37 bits per heavy atom. The standard InChI is InChI=1S/C16H22ClNO/c1-12(14-5-2-3-6-15(14)17)18-13-7-10-19-16(11-13)8-4-9-16/h2-3,5-6,12-13,18H,4,7-11H2,1H3/t12-,13?/m1/s1. The fourth-order valence-corrected chi connectivity index (χ4v) is 3.66. The Labute approximate surface area is 120 Å². The second kappa shape index (κ2) is 5.43. The van der Waals surface area contributed by atoms with Gasteiger partial charge in [0.1, 0.15) is 0 Å². The predicted octanol–water partition coefficient (Wildman–Crippen LogP) is 4.09. The van der Waals surface area contributed by atoms with Crippen molar-refractivity contribution in [2.45, 2.75) is 56.7 Å². The summed E-state index contributed by atoms with van der Waals surface area (Å²) in [5.74, 6) is 0. The van der Waals surface area contributed by atoms with Crippen LogP contribution < -0.4 is 5.32 Å². The largest absolute Gasteiger partial charge is 0.375 e. The summed E-state index contributed by atoms with van der Waals surface area (Å²) in [4.78, 5) is 0. The smallest absolute Gasteiger partial charge is 0.0697 e. The molecule has 104 valence electrons. The van der Waals surface area contributed by atoms with Gasteiger partial charge in [-0.2, -0.15) is 0 Å². The predicted molar refractivity (Wildman–Crippen MR) is 78.6 cm³/mol. The van der Waals surface area contributed by atoms with E-state index in [0.717, 1.165) is 24.5 Å². The fourth-order valence-electron chi connectivity index (χ4n) is 3.36. The van der Waals surface area contributed by atoms with E-state index in [4.69, 9.17) is 16.3 Å². The third-order valence-corrected chi connectivity index (χ3v) is 4.96. The number of halogens is 1. The van der Waals surface area contributed by atoms with Crippen LogP contribution in [0.25, 0.3) is 0 Å². The van der Waals surface area contributed by atoms with Gasteiger partial charge in [-0.1, -0.05) is 29.8 Å². The van der Waals surface area contributed by atoms with Crippen LogP contribution >= 0.6 is 11.6 Å². The molecule has 19 heavy (non-hydrogen) atoms. The Hall–Kier alpha value is -0.570. The van der Waals surface area contributed by atoms with Crippen molar-refractivity contribution in [2.24, 2.45) is 0 Å². The minimum Gasteiger partial charge on any atom is -0.375 e. The molecule has 2 aliphatic rings. The topological polar surface area (TPSA) is 21.3 Å². The third-order valence-electron chi connectivity index (χ3n) is 4.62. The summed E-state index contributed by atoms with van der Waals surface area (Å²) in [6.07, 6.45) is 6.07.